The molecule has 1 heterocycles. The summed E-state index contributed by atoms with van der Waals surface area (Å²) in [6, 6.07) is 9.49. The van der Waals surface area contributed by atoms with Gasteiger partial charge in [-0.05, 0) is 63.3 Å². The molecule has 8 heteroatoms. The molecule has 1 atom stereocenters. The molecule has 2 amide bonds. The van der Waals surface area contributed by atoms with Gasteiger partial charge >= 0.3 is 6.03 Å². The van der Waals surface area contributed by atoms with Crippen LogP contribution < -0.4 is 20.1 Å². The third-order valence-electron chi connectivity index (χ3n) is 4.86. The molecule has 0 saturated carbocycles. The van der Waals surface area contributed by atoms with Crippen LogP contribution in [0.3, 0.4) is 0 Å². The molecule has 2 aromatic carbocycles. The van der Waals surface area contributed by atoms with Gasteiger partial charge in [-0.3, -0.25) is 4.90 Å². The van der Waals surface area contributed by atoms with Crippen molar-refractivity contribution in [2.75, 3.05) is 33.1 Å². The Morgan fingerprint density at radius 3 is 2.73 bits per heavy atom. The van der Waals surface area contributed by atoms with E-state index in [1.165, 1.54) is 12.1 Å². The molecule has 0 aliphatic heterocycles. The van der Waals surface area contributed by atoms with Gasteiger partial charge < -0.3 is 25.1 Å². The van der Waals surface area contributed by atoms with Gasteiger partial charge in [0.15, 0.2) is 11.5 Å². The number of ether oxygens (including phenoxy) is 2. The van der Waals surface area contributed by atoms with E-state index in [-0.39, 0.29) is 18.1 Å². The Bertz CT molecular complexity index is 1020. The van der Waals surface area contributed by atoms with Gasteiger partial charge in [0.1, 0.15) is 12.0 Å². The number of aromatic nitrogens is 1. The molecule has 0 radical (unpaired) electrons. The zero-order valence-corrected chi connectivity index (χ0v) is 17.6. The third-order valence-corrected chi connectivity index (χ3v) is 4.86. The Kier molecular flexibility index (Phi) is 6.79. The summed E-state index contributed by atoms with van der Waals surface area (Å²) in [5, 5.41) is 6.44. The van der Waals surface area contributed by atoms with Gasteiger partial charge in [0.05, 0.1) is 7.11 Å². The van der Waals surface area contributed by atoms with Gasteiger partial charge in [-0.25, -0.2) is 9.18 Å². The lowest BCUT2D eigenvalue weighted by Crippen LogP contribution is -2.31. The van der Waals surface area contributed by atoms with Gasteiger partial charge in [0, 0.05) is 35.4 Å². The summed E-state index contributed by atoms with van der Waals surface area (Å²) in [4.78, 5) is 17.3. The van der Waals surface area contributed by atoms with E-state index in [1.54, 1.807) is 31.4 Å². The van der Waals surface area contributed by atoms with Crippen molar-refractivity contribution >= 4 is 22.6 Å². The smallest absolute Gasteiger partial charge is 0.319 e. The lowest BCUT2D eigenvalue weighted by atomic mass is 10.1. The molecular formula is C22H27FN4O3. The van der Waals surface area contributed by atoms with Crippen LogP contribution in [0, 0.1) is 5.82 Å². The van der Waals surface area contributed by atoms with Gasteiger partial charge in [-0.15, -0.1) is 0 Å². The molecule has 0 fully saturated rings. The lowest BCUT2D eigenvalue weighted by Gasteiger charge is -2.22. The largest absolute Gasteiger partial charge is 0.493 e. The van der Waals surface area contributed by atoms with Gasteiger partial charge in [-0.1, -0.05) is 0 Å². The van der Waals surface area contributed by atoms with Crippen molar-refractivity contribution in [3.05, 3.63) is 54.0 Å². The summed E-state index contributed by atoms with van der Waals surface area (Å²) in [5.74, 6) is 0.841. The predicted octanol–water partition coefficient (Wildman–Crippen LogP) is 3.97. The summed E-state index contributed by atoms with van der Waals surface area (Å²) in [6.07, 6.45) is 2.25. The fourth-order valence-corrected chi connectivity index (χ4v) is 2.98. The molecular weight excluding hydrogens is 387 g/mol. The molecule has 7 nitrogen and oxygen atoms in total. The number of halogens is 1. The van der Waals surface area contributed by atoms with Crippen molar-refractivity contribution in [2.45, 2.75) is 19.6 Å². The van der Waals surface area contributed by atoms with E-state index in [9.17, 15) is 9.18 Å². The molecule has 3 N–H and O–H groups in total. The third kappa shape index (κ3) is 5.21. The summed E-state index contributed by atoms with van der Waals surface area (Å²) >= 11 is 0. The van der Waals surface area contributed by atoms with Crippen molar-refractivity contribution < 1.29 is 18.7 Å². The number of rotatable bonds is 8. The molecule has 3 aromatic rings. The first-order valence-electron chi connectivity index (χ1n) is 9.69. The van der Waals surface area contributed by atoms with Crippen LogP contribution >= 0.6 is 0 Å². The number of amides is 2. The van der Waals surface area contributed by atoms with E-state index in [4.69, 9.17) is 9.47 Å². The van der Waals surface area contributed by atoms with E-state index >= 15 is 0 Å². The fraction of sp³-hybridized carbons (Fsp3) is 0.318. The average molecular weight is 414 g/mol. The number of nitrogens with one attached hydrogen (secondary N) is 3. The molecule has 30 heavy (non-hydrogen) atoms. The first-order valence-corrected chi connectivity index (χ1v) is 9.69. The van der Waals surface area contributed by atoms with E-state index < -0.39 is 0 Å². The van der Waals surface area contributed by atoms with Gasteiger partial charge in [0.2, 0.25) is 0 Å². The van der Waals surface area contributed by atoms with Crippen LogP contribution in [0.5, 0.6) is 11.5 Å². The maximum atomic E-state index is 13.5. The van der Waals surface area contributed by atoms with Crippen LogP contribution in [0.25, 0.3) is 10.9 Å². The van der Waals surface area contributed by atoms with Crippen LogP contribution in [0.15, 0.2) is 42.6 Å². The summed E-state index contributed by atoms with van der Waals surface area (Å²) in [7, 11) is 5.39. The predicted molar refractivity (Wildman–Crippen MR) is 116 cm³/mol. The topological polar surface area (TPSA) is 78.6 Å². The molecule has 1 aromatic heterocycles. The Hall–Kier alpha value is -3.26. The van der Waals surface area contributed by atoms with Crippen LogP contribution in [0.1, 0.15) is 12.5 Å². The van der Waals surface area contributed by atoms with Gasteiger partial charge in [0.25, 0.3) is 0 Å². The van der Waals surface area contributed by atoms with E-state index in [1.807, 2.05) is 32.1 Å². The highest BCUT2D eigenvalue weighted by Gasteiger charge is 2.13. The second-order valence-electron chi connectivity index (χ2n) is 7.18. The molecule has 0 aliphatic carbocycles. The minimum Gasteiger partial charge on any atom is -0.493 e. The number of hydrogen-bond donors (Lipinski definition) is 3. The molecule has 0 saturated heterocycles. The van der Waals surface area contributed by atoms with Crippen molar-refractivity contribution in [2.24, 2.45) is 0 Å². The van der Waals surface area contributed by atoms with E-state index in [2.05, 4.69) is 15.6 Å². The van der Waals surface area contributed by atoms with Crippen molar-refractivity contribution in [1.29, 1.82) is 0 Å². The fourth-order valence-electron chi connectivity index (χ4n) is 2.98. The van der Waals surface area contributed by atoms with Crippen LogP contribution in [-0.2, 0) is 6.42 Å². The number of methoxy groups -OCH3 is 1. The second-order valence-corrected chi connectivity index (χ2v) is 7.18. The molecule has 1 unspecified atom stereocenters. The monoisotopic (exact) mass is 414 g/mol. The number of fused-ring (bicyclic) bond motifs is 1. The number of carbonyl (C=O) groups excluding carboxylic acids is 1. The Morgan fingerprint density at radius 2 is 2.00 bits per heavy atom. The van der Waals surface area contributed by atoms with Crippen molar-refractivity contribution in [3.63, 3.8) is 0 Å². The number of hydrogen-bond acceptors (Lipinski definition) is 4. The minimum atomic E-state index is -0.335. The highest BCUT2D eigenvalue weighted by Crippen LogP contribution is 2.31. The van der Waals surface area contributed by atoms with Crippen molar-refractivity contribution in [1.82, 2.24) is 15.2 Å². The summed E-state index contributed by atoms with van der Waals surface area (Å²) in [5.41, 5.74) is 2.40. The Labute approximate surface area is 175 Å². The first kappa shape index (κ1) is 21.4. The minimum absolute atomic E-state index is 0.163. The number of benzene rings is 2. The zero-order chi connectivity index (χ0) is 21.7. The average Bonchev–Trinajstić information content (AvgIpc) is 3.10. The normalized spacial score (nSPS) is 12.1. The van der Waals surface area contributed by atoms with Gasteiger partial charge in [-0.2, -0.15) is 0 Å². The standard InChI is InChI=1S/C22H27FN4O3/c1-14(27(2)3)30-21-12-17(6-8-20(21)29-4)26-22(28)24-10-9-15-13-25-19-7-5-16(23)11-18(15)19/h5-8,11-14,25H,9-10H2,1-4H3,(H2,24,26,28). The number of anilines is 1. The number of aromatic amines is 1. The molecule has 3 rings (SSSR count). The zero-order valence-electron chi connectivity index (χ0n) is 17.6. The molecule has 0 spiro atoms. The van der Waals surface area contributed by atoms with Crippen LogP contribution in [0.2, 0.25) is 0 Å². The highest BCUT2D eigenvalue weighted by atomic mass is 19.1. The SMILES string of the molecule is COc1ccc(NC(=O)NCCc2c[nH]c3ccc(F)cc23)cc1OC(C)N(C)C. The summed E-state index contributed by atoms with van der Waals surface area (Å²) in [6.45, 7) is 2.33. The molecule has 160 valence electrons. The van der Waals surface area contributed by atoms with Crippen LogP contribution in [0.4, 0.5) is 14.9 Å². The quantitative estimate of drug-likeness (QED) is 0.488. The Balaban J connectivity index is 1.58. The first-order chi connectivity index (χ1) is 14.4. The van der Waals surface area contributed by atoms with E-state index in [0.29, 0.717) is 30.2 Å². The Morgan fingerprint density at radius 1 is 1.20 bits per heavy atom. The van der Waals surface area contributed by atoms with E-state index in [0.717, 1.165) is 16.5 Å². The number of urea groups is 1. The second kappa shape index (κ2) is 9.49. The molecule has 0 bridgehead atoms. The maximum absolute atomic E-state index is 13.5. The molecule has 0 aliphatic rings. The van der Waals surface area contributed by atoms with Crippen LogP contribution in [-0.4, -0.2) is 49.9 Å². The lowest BCUT2D eigenvalue weighted by molar-refractivity contribution is 0.0785. The van der Waals surface area contributed by atoms with Crippen molar-refractivity contribution in [3.8, 4) is 11.5 Å². The number of nitrogens with zero attached hydrogens (tertiary/aromatic N) is 1. The highest BCUT2D eigenvalue weighted by molar-refractivity contribution is 5.89. The maximum Gasteiger partial charge on any atom is 0.319 e. The number of H-pyrrole nitrogens is 1. The number of carbonyl (C=O) groups is 1. The summed E-state index contributed by atoms with van der Waals surface area (Å²) < 4.78 is 24.7.